The molecule has 2 N–H and O–H groups in total. The predicted molar refractivity (Wildman–Crippen MR) is 173 cm³/mol. The van der Waals surface area contributed by atoms with Crippen molar-refractivity contribution >= 4 is 45.6 Å². The minimum atomic E-state index is 0. The third-order valence-electron chi connectivity index (χ3n) is 8.57. The summed E-state index contributed by atoms with van der Waals surface area (Å²) in [6, 6.07) is 23.6. The van der Waals surface area contributed by atoms with Gasteiger partial charge in [0.25, 0.3) is 0 Å². The van der Waals surface area contributed by atoms with E-state index < -0.39 is 0 Å². The lowest BCUT2D eigenvalue weighted by atomic mass is 9.92. The van der Waals surface area contributed by atoms with Crippen LogP contribution in [0.25, 0.3) is 21.8 Å². The monoisotopic (exact) mass is 563 g/mol. The van der Waals surface area contributed by atoms with Crippen LogP contribution >= 0.6 is 12.4 Å². The van der Waals surface area contributed by atoms with Crippen molar-refractivity contribution in [1.82, 2.24) is 15.0 Å². The van der Waals surface area contributed by atoms with E-state index in [0.29, 0.717) is 0 Å². The summed E-state index contributed by atoms with van der Waals surface area (Å²) in [6.07, 6.45) is 11.2. The molecule has 6 heteroatoms. The fourth-order valence-electron chi connectivity index (χ4n) is 6.59. The first kappa shape index (κ1) is 27.5. The third-order valence-corrected chi connectivity index (χ3v) is 8.57. The number of pyridine rings is 3. The summed E-state index contributed by atoms with van der Waals surface area (Å²) < 4.78 is 0. The van der Waals surface area contributed by atoms with E-state index in [9.17, 15) is 0 Å². The molecule has 0 aliphatic heterocycles. The first-order valence-corrected chi connectivity index (χ1v) is 15.1. The highest BCUT2D eigenvalue weighted by molar-refractivity contribution is 5.94. The van der Waals surface area contributed by atoms with E-state index in [-0.39, 0.29) is 12.4 Å². The first-order chi connectivity index (χ1) is 19.8. The van der Waals surface area contributed by atoms with Crippen molar-refractivity contribution in [2.75, 3.05) is 23.7 Å². The van der Waals surface area contributed by atoms with Gasteiger partial charge in [-0.2, -0.15) is 0 Å². The summed E-state index contributed by atoms with van der Waals surface area (Å²) in [6.45, 7) is 1.73. The largest absolute Gasteiger partial charge is 0.384 e. The number of nitrogens with zero attached hydrogens (tertiary/aromatic N) is 3. The van der Waals surface area contributed by atoms with E-state index in [2.05, 4.69) is 77.4 Å². The average Bonchev–Trinajstić information content (AvgIpc) is 3.00. The number of rotatable bonds is 8. The molecule has 2 aromatic carbocycles. The van der Waals surface area contributed by atoms with Gasteiger partial charge in [0.2, 0.25) is 0 Å². The summed E-state index contributed by atoms with van der Waals surface area (Å²) in [5, 5.41) is 10.1. The van der Waals surface area contributed by atoms with Crippen LogP contribution in [0.3, 0.4) is 0 Å². The first-order valence-electron chi connectivity index (χ1n) is 15.1. The maximum absolute atomic E-state index is 5.03. The molecule has 0 bridgehead atoms. The van der Waals surface area contributed by atoms with E-state index in [4.69, 9.17) is 15.0 Å². The predicted octanol–water partition coefficient (Wildman–Crippen LogP) is 7.67. The molecule has 0 radical (unpaired) electrons. The molecule has 210 valence electrons. The van der Waals surface area contributed by atoms with Crippen molar-refractivity contribution in [2.45, 2.75) is 64.2 Å². The smallest absolute Gasteiger partial charge is 0.0726 e. The highest BCUT2D eigenvalue weighted by Crippen LogP contribution is 2.34. The van der Waals surface area contributed by atoms with E-state index in [1.807, 2.05) is 0 Å². The van der Waals surface area contributed by atoms with Crippen LogP contribution in [-0.4, -0.2) is 28.0 Å². The molecule has 5 aromatic rings. The number of hydrogen-bond acceptors (Lipinski definition) is 5. The van der Waals surface area contributed by atoms with Crippen LogP contribution in [0.1, 0.15) is 59.6 Å². The van der Waals surface area contributed by atoms with Crippen molar-refractivity contribution < 1.29 is 0 Å². The number of hydrogen-bond donors (Lipinski definition) is 2. The van der Waals surface area contributed by atoms with Crippen molar-refractivity contribution in [3.63, 3.8) is 0 Å². The average molecular weight is 564 g/mol. The lowest BCUT2D eigenvalue weighted by Crippen LogP contribution is -2.14. The van der Waals surface area contributed by atoms with Gasteiger partial charge < -0.3 is 10.6 Å². The lowest BCUT2D eigenvalue weighted by Gasteiger charge is -2.22. The van der Waals surface area contributed by atoms with E-state index >= 15 is 0 Å². The quantitative estimate of drug-likeness (QED) is 0.203. The molecule has 5 nitrogen and oxygen atoms in total. The Morgan fingerprint density at radius 1 is 0.512 bits per heavy atom. The highest BCUT2D eigenvalue weighted by atomic mass is 35.5. The maximum Gasteiger partial charge on any atom is 0.0726 e. The van der Waals surface area contributed by atoms with Crippen molar-refractivity contribution in [2.24, 2.45) is 0 Å². The van der Waals surface area contributed by atoms with Crippen LogP contribution < -0.4 is 10.6 Å². The molecule has 3 aromatic heterocycles. The van der Waals surface area contributed by atoms with Crippen LogP contribution in [0.15, 0.2) is 66.7 Å². The molecule has 41 heavy (non-hydrogen) atoms. The molecule has 0 fully saturated rings. The fourth-order valence-corrected chi connectivity index (χ4v) is 6.59. The molecular formula is C35H38ClN5. The van der Waals surface area contributed by atoms with E-state index in [1.165, 1.54) is 70.3 Å². The molecule has 2 aliphatic carbocycles. The minimum Gasteiger partial charge on any atom is -0.384 e. The van der Waals surface area contributed by atoms with Crippen molar-refractivity contribution in [3.8, 4) is 0 Å². The normalized spacial score (nSPS) is 14.2. The van der Waals surface area contributed by atoms with Gasteiger partial charge in [-0.05, 0) is 86.8 Å². The molecule has 0 unspecified atom stereocenters. The van der Waals surface area contributed by atoms with Gasteiger partial charge >= 0.3 is 0 Å². The number of para-hydroxylation sites is 2. The Kier molecular flexibility index (Phi) is 8.33. The summed E-state index contributed by atoms with van der Waals surface area (Å²) >= 11 is 0. The summed E-state index contributed by atoms with van der Waals surface area (Å²) in [7, 11) is 0. The SMILES string of the molecule is Cl.c1cc(CCNc2c3c(nc4ccccc24)CCCC3)nc(CCNc2c3c(nc4ccccc24)CCCC3)c1. The van der Waals surface area contributed by atoms with Gasteiger partial charge in [0.05, 0.1) is 11.0 Å². The van der Waals surface area contributed by atoms with Gasteiger partial charge in [0.15, 0.2) is 0 Å². The van der Waals surface area contributed by atoms with Crippen LogP contribution in [0.5, 0.6) is 0 Å². The Morgan fingerprint density at radius 3 is 1.49 bits per heavy atom. The summed E-state index contributed by atoms with van der Waals surface area (Å²) in [5.74, 6) is 0. The Hall–Kier alpha value is -3.70. The van der Waals surface area contributed by atoms with E-state index in [0.717, 1.165) is 74.0 Å². The van der Waals surface area contributed by atoms with Crippen LogP contribution in [0, 0.1) is 0 Å². The van der Waals surface area contributed by atoms with E-state index in [1.54, 1.807) is 0 Å². The molecule has 2 aliphatic rings. The van der Waals surface area contributed by atoms with Crippen LogP contribution in [-0.2, 0) is 38.5 Å². The number of nitrogens with one attached hydrogen (secondary N) is 2. The molecule has 7 rings (SSSR count). The van der Waals surface area contributed by atoms with Gasteiger partial charge in [-0.1, -0.05) is 42.5 Å². The van der Waals surface area contributed by atoms with Crippen molar-refractivity contribution in [3.05, 3.63) is 101 Å². The highest BCUT2D eigenvalue weighted by Gasteiger charge is 2.19. The Bertz CT molecular complexity index is 1560. The second kappa shape index (κ2) is 12.4. The maximum atomic E-state index is 5.03. The molecule has 0 saturated heterocycles. The Balaban J connectivity index is 0.00000302. The van der Waals surface area contributed by atoms with Crippen LogP contribution in [0.4, 0.5) is 11.4 Å². The van der Waals surface area contributed by atoms with Crippen LogP contribution in [0.2, 0.25) is 0 Å². The fraction of sp³-hybridized carbons (Fsp3) is 0.343. The number of benzene rings is 2. The lowest BCUT2D eigenvalue weighted by molar-refractivity contribution is 0.672. The zero-order valence-electron chi connectivity index (χ0n) is 23.6. The Labute approximate surface area is 248 Å². The standard InChI is InChI=1S/C35H37N5.ClH/c1-5-16-30-26(12-1)34(27-13-2-6-17-31(27)39-30)36-22-20-24-10-9-11-25(38-24)21-23-37-35-28-14-3-7-18-32(28)40-33-19-8-4-15-29(33)35;/h1,3,5,7,9-12,14,16,18H,2,4,6,8,13,15,17,19-23H2,(H,36,39)(H,37,40);1H. The zero-order valence-corrected chi connectivity index (χ0v) is 24.4. The van der Waals surface area contributed by atoms with Gasteiger partial charge in [-0.15, -0.1) is 12.4 Å². The third kappa shape index (κ3) is 5.73. The van der Waals surface area contributed by atoms with Gasteiger partial charge in [-0.3, -0.25) is 15.0 Å². The van der Waals surface area contributed by atoms with Crippen molar-refractivity contribution in [1.29, 1.82) is 0 Å². The van der Waals surface area contributed by atoms with Gasteiger partial charge in [0, 0.05) is 70.9 Å². The molecule has 3 heterocycles. The second-order valence-electron chi connectivity index (χ2n) is 11.2. The number of anilines is 2. The zero-order chi connectivity index (χ0) is 26.7. The summed E-state index contributed by atoms with van der Waals surface area (Å²) in [5.41, 5.74) is 12.5. The molecule has 0 atom stereocenters. The minimum absolute atomic E-state index is 0. The second-order valence-corrected chi connectivity index (χ2v) is 11.2. The number of halogens is 1. The molecule has 0 saturated carbocycles. The van der Waals surface area contributed by atoms with Gasteiger partial charge in [0.1, 0.15) is 0 Å². The number of aromatic nitrogens is 3. The molecular weight excluding hydrogens is 526 g/mol. The molecule has 0 spiro atoms. The Morgan fingerprint density at radius 2 is 0.976 bits per heavy atom. The number of fused-ring (bicyclic) bond motifs is 4. The number of aryl methyl sites for hydroxylation is 2. The van der Waals surface area contributed by atoms with Gasteiger partial charge in [-0.25, -0.2) is 0 Å². The molecule has 0 amide bonds. The topological polar surface area (TPSA) is 62.7 Å². The summed E-state index contributed by atoms with van der Waals surface area (Å²) in [4.78, 5) is 15.0.